The third-order valence-corrected chi connectivity index (χ3v) is 6.12. The van der Waals surface area contributed by atoms with Crippen molar-refractivity contribution >= 4 is 35.4 Å². The molecule has 0 heterocycles. The van der Waals surface area contributed by atoms with Gasteiger partial charge in [0.15, 0.2) is 5.78 Å². The molecule has 0 radical (unpaired) electrons. The summed E-state index contributed by atoms with van der Waals surface area (Å²) in [4.78, 5) is 66.2. The van der Waals surface area contributed by atoms with E-state index in [2.05, 4.69) is 15.6 Å². The van der Waals surface area contributed by atoms with E-state index in [0.29, 0.717) is 37.9 Å². The van der Waals surface area contributed by atoms with Crippen LogP contribution in [0.5, 0.6) is 0 Å². The number of ether oxygens (including phenoxy) is 2. The van der Waals surface area contributed by atoms with Crippen LogP contribution in [0.1, 0.15) is 107 Å². The number of aliphatic hydroxyl groups is 1. The van der Waals surface area contributed by atoms with E-state index in [9.17, 15) is 34.2 Å². The highest BCUT2D eigenvalue weighted by molar-refractivity contribution is 6.22. The number of carboxylic acid groups (broad SMARTS) is 1. The largest absolute Gasteiger partial charge is 0.511 e. The lowest BCUT2D eigenvalue weighted by Crippen LogP contribution is -2.52. The molecule has 2 amide bonds. The molecule has 1 aliphatic rings. The van der Waals surface area contributed by atoms with Crippen molar-refractivity contribution in [3.8, 4) is 0 Å². The Morgan fingerprint density at radius 1 is 0.929 bits per heavy atom. The summed E-state index contributed by atoms with van der Waals surface area (Å²) in [6.07, 6.45) is 1.42. The highest BCUT2D eigenvalue weighted by Gasteiger charge is 2.34. The standard InChI is InChI=1S/C30H49N3O9/c1-18(24-21(34)16-30(8,9)17-22(24)35)31-15-11-10-12-19(25(37)38)32-27(40)33-20(26(39)42-29(5,6)7)13-14-23(36)41-28(2,3)4/h19-20,34H,10-17H2,1-9H3,(H,37,38)(H2,32,33,40)/t19-,20-/m0/s1. The number of aliphatic hydroxyl groups excluding tert-OH is 1. The molecule has 4 N–H and O–H groups in total. The van der Waals surface area contributed by atoms with Crippen LogP contribution < -0.4 is 10.6 Å². The van der Waals surface area contributed by atoms with Crippen molar-refractivity contribution in [3.05, 3.63) is 11.3 Å². The molecule has 12 nitrogen and oxygen atoms in total. The second-order valence-electron chi connectivity index (χ2n) is 13.4. The molecule has 0 saturated heterocycles. The fraction of sp³-hybridized carbons (Fsp3) is 0.733. The van der Waals surface area contributed by atoms with E-state index in [-0.39, 0.29) is 41.8 Å². The van der Waals surface area contributed by atoms with Crippen molar-refractivity contribution < 1.29 is 43.7 Å². The second-order valence-corrected chi connectivity index (χ2v) is 13.4. The first-order valence-electron chi connectivity index (χ1n) is 14.3. The monoisotopic (exact) mass is 595 g/mol. The zero-order valence-electron chi connectivity index (χ0n) is 26.5. The van der Waals surface area contributed by atoms with Gasteiger partial charge in [0.25, 0.3) is 0 Å². The van der Waals surface area contributed by atoms with Crippen LogP contribution in [0.25, 0.3) is 0 Å². The van der Waals surface area contributed by atoms with Crippen LogP contribution in [-0.4, -0.2) is 75.5 Å². The number of allylic oxidation sites excluding steroid dienone is 2. The molecule has 1 rings (SSSR count). The van der Waals surface area contributed by atoms with E-state index in [1.54, 1.807) is 48.5 Å². The molecule has 0 aromatic rings. The summed E-state index contributed by atoms with van der Waals surface area (Å²) in [5.41, 5.74) is -1.17. The summed E-state index contributed by atoms with van der Waals surface area (Å²) in [6, 6.07) is -3.34. The Morgan fingerprint density at radius 2 is 1.50 bits per heavy atom. The second kappa shape index (κ2) is 15.2. The Balaban J connectivity index is 2.74. The number of nitrogens with zero attached hydrogens (tertiary/aromatic N) is 1. The van der Waals surface area contributed by atoms with Crippen molar-refractivity contribution in [2.75, 3.05) is 6.54 Å². The average Bonchev–Trinajstić information content (AvgIpc) is 2.76. The van der Waals surface area contributed by atoms with E-state index in [1.807, 2.05) is 13.8 Å². The third-order valence-electron chi connectivity index (χ3n) is 6.12. The number of hydrogen-bond donors (Lipinski definition) is 4. The summed E-state index contributed by atoms with van der Waals surface area (Å²) in [5.74, 6) is -2.68. The van der Waals surface area contributed by atoms with Gasteiger partial charge in [-0.3, -0.25) is 14.6 Å². The molecule has 42 heavy (non-hydrogen) atoms. The molecular formula is C30H49N3O9. The molecule has 0 aliphatic heterocycles. The van der Waals surface area contributed by atoms with Gasteiger partial charge in [-0.1, -0.05) is 13.8 Å². The molecule has 2 atom stereocenters. The van der Waals surface area contributed by atoms with Gasteiger partial charge in [-0.25, -0.2) is 14.4 Å². The number of amides is 2. The maximum atomic E-state index is 12.7. The summed E-state index contributed by atoms with van der Waals surface area (Å²) in [7, 11) is 0. The van der Waals surface area contributed by atoms with Gasteiger partial charge in [-0.15, -0.1) is 0 Å². The molecule has 12 heteroatoms. The molecular weight excluding hydrogens is 546 g/mol. The number of carboxylic acids is 1. The highest BCUT2D eigenvalue weighted by Crippen LogP contribution is 2.36. The Bertz CT molecular complexity index is 1080. The summed E-state index contributed by atoms with van der Waals surface area (Å²) in [5, 5.41) is 24.8. The molecule has 0 spiro atoms. The predicted octanol–water partition coefficient (Wildman–Crippen LogP) is 4.40. The van der Waals surface area contributed by atoms with E-state index >= 15 is 0 Å². The Labute approximate surface area is 248 Å². The Kier molecular flexibility index (Phi) is 13.2. The first-order chi connectivity index (χ1) is 19.1. The van der Waals surface area contributed by atoms with Crippen molar-refractivity contribution in [1.82, 2.24) is 10.6 Å². The van der Waals surface area contributed by atoms with E-state index < -0.39 is 47.2 Å². The number of unbranched alkanes of at least 4 members (excludes halogenated alkanes) is 1. The van der Waals surface area contributed by atoms with Crippen LogP contribution in [0.3, 0.4) is 0 Å². The lowest BCUT2D eigenvalue weighted by atomic mass is 9.76. The van der Waals surface area contributed by atoms with Crippen molar-refractivity contribution in [2.24, 2.45) is 10.4 Å². The first kappa shape index (κ1) is 36.6. The number of nitrogens with one attached hydrogen (secondary N) is 2. The molecule has 0 fully saturated rings. The number of hydrogen-bond acceptors (Lipinski definition) is 9. The number of aliphatic imine (C=N–C) groups is 1. The number of carbonyl (C=O) groups is 5. The minimum atomic E-state index is -1.25. The van der Waals surface area contributed by atoms with Crippen molar-refractivity contribution in [1.29, 1.82) is 0 Å². The van der Waals surface area contributed by atoms with Gasteiger partial charge in [-0.2, -0.15) is 0 Å². The fourth-order valence-electron chi connectivity index (χ4n) is 4.38. The van der Waals surface area contributed by atoms with Gasteiger partial charge < -0.3 is 30.3 Å². The van der Waals surface area contributed by atoms with Crippen LogP contribution in [0.2, 0.25) is 0 Å². The van der Waals surface area contributed by atoms with Crippen LogP contribution in [0.15, 0.2) is 16.3 Å². The topological polar surface area (TPSA) is 181 Å². The summed E-state index contributed by atoms with van der Waals surface area (Å²) < 4.78 is 10.6. The quantitative estimate of drug-likeness (QED) is 0.136. The van der Waals surface area contributed by atoms with Crippen molar-refractivity contribution in [2.45, 2.75) is 131 Å². The van der Waals surface area contributed by atoms with E-state index in [1.165, 1.54) is 0 Å². The number of esters is 2. The molecule has 0 unspecified atom stereocenters. The number of ketones is 1. The number of Topliss-reactive ketones (excluding diaryl/α,β-unsaturated/α-hetero) is 1. The smallest absolute Gasteiger partial charge is 0.329 e. The van der Waals surface area contributed by atoms with Gasteiger partial charge in [0.05, 0.1) is 5.57 Å². The van der Waals surface area contributed by atoms with Crippen molar-refractivity contribution in [3.63, 3.8) is 0 Å². The van der Waals surface area contributed by atoms with Crippen LogP contribution in [0, 0.1) is 5.41 Å². The van der Waals surface area contributed by atoms with Crippen LogP contribution >= 0.6 is 0 Å². The normalized spacial score (nSPS) is 17.3. The van der Waals surface area contributed by atoms with Gasteiger partial charge in [0.2, 0.25) is 0 Å². The fourth-order valence-corrected chi connectivity index (χ4v) is 4.38. The zero-order chi connectivity index (χ0) is 32.5. The lowest BCUT2D eigenvalue weighted by Gasteiger charge is -2.29. The SMILES string of the molecule is CC(=NCCCC[C@H](NC(=O)N[C@@H](CCC(=O)OC(C)(C)C)C(=O)OC(C)(C)C)C(=O)O)C1=C(O)CC(C)(C)CC1=O. The maximum absolute atomic E-state index is 12.7. The van der Waals surface area contributed by atoms with E-state index in [4.69, 9.17) is 9.47 Å². The average molecular weight is 596 g/mol. The lowest BCUT2D eigenvalue weighted by molar-refractivity contribution is -0.158. The highest BCUT2D eigenvalue weighted by atomic mass is 16.6. The minimum Gasteiger partial charge on any atom is -0.511 e. The van der Waals surface area contributed by atoms with Crippen LogP contribution in [0.4, 0.5) is 4.79 Å². The molecule has 238 valence electrons. The molecule has 0 aromatic carbocycles. The maximum Gasteiger partial charge on any atom is 0.329 e. The summed E-state index contributed by atoms with van der Waals surface area (Å²) in [6.45, 7) is 15.9. The minimum absolute atomic E-state index is 0.0365. The number of rotatable bonds is 13. The zero-order valence-corrected chi connectivity index (χ0v) is 26.5. The molecule has 0 saturated carbocycles. The van der Waals surface area contributed by atoms with Gasteiger partial charge in [-0.05, 0) is 79.6 Å². The van der Waals surface area contributed by atoms with Gasteiger partial charge >= 0.3 is 23.9 Å². The molecule has 1 aliphatic carbocycles. The number of urea groups is 1. The van der Waals surface area contributed by atoms with Gasteiger partial charge in [0.1, 0.15) is 29.0 Å². The number of aliphatic carboxylic acids is 1. The third kappa shape index (κ3) is 14.0. The Morgan fingerprint density at radius 3 is 2.02 bits per heavy atom. The summed E-state index contributed by atoms with van der Waals surface area (Å²) >= 11 is 0. The van der Waals surface area contributed by atoms with Gasteiger partial charge in [0, 0.05) is 31.5 Å². The molecule has 0 bridgehead atoms. The Hall–Kier alpha value is -3.44. The number of carbonyl (C=O) groups excluding carboxylic acids is 4. The first-order valence-corrected chi connectivity index (χ1v) is 14.3. The van der Waals surface area contributed by atoms with E-state index in [0.717, 1.165) is 0 Å². The molecule has 0 aromatic heterocycles. The van der Waals surface area contributed by atoms with Crippen LogP contribution in [-0.2, 0) is 28.7 Å². The predicted molar refractivity (Wildman–Crippen MR) is 157 cm³/mol.